The number of fused-ring (bicyclic) bond motifs is 1. The highest BCUT2D eigenvalue weighted by Gasteiger charge is 2.28. The first kappa shape index (κ1) is 15.5. The number of methoxy groups -OCH3 is 1. The summed E-state index contributed by atoms with van der Waals surface area (Å²) in [6.45, 7) is 0. The summed E-state index contributed by atoms with van der Waals surface area (Å²) in [5.41, 5.74) is 2.17. The molecule has 1 N–H and O–H groups in total. The quantitative estimate of drug-likeness (QED) is 0.598. The van der Waals surface area contributed by atoms with Crippen molar-refractivity contribution in [2.75, 3.05) is 12.4 Å². The van der Waals surface area contributed by atoms with Gasteiger partial charge in [-0.1, -0.05) is 12.1 Å². The van der Waals surface area contributed by atoms with E-state index >= 15 is 0 Å². The van der Waals surface area contributed by atoms with Gasteiger partial charge in [-0.25, -0.2) is 4.79 Å². The maximum absolute atomic E-state index is 12.5. The molecule has 0 fully saturated rings. The zero-order chi connectivity index (χ0) is 15.7. The second-order valence-corrected chi connectivity index (χ2v) is 7.25. The molecule has 1 aliphatic rings. The van der Waals surface area contributed by atoms with Gasteiger partial charge in [0.2, 0.25) is 0 Å². The number of halogens is 1. The number of carbonyl (C=O) groups is 2. The monoisotopic (exact) mass is 427 g/mol. The van der Waals surface area contributed by atoms with Crippen LogP contribution in [0.25, 0.3) is 0 Å². The van der Waals surface area contributed by atoms with Gasteiger partial charge in [-0.15, -0.1) is 11.3 Å². The maximum Gasteiger partial charge on any atom is 0.341 e. The summed E-state index contributed by atoms with van der Waals surface area (Å²) in [5, 5.41) is 3.48. The lowest BCUT2D eigenvalue weighted by molar-refractivity contribution is 0.0601. The van der Waals surface area contributed by atoms with Crippen molar-refractivity contribution in [1.29, 1.82) is 0 Å². The summed E-state index contributed by atoms with van der Waals surface area (Å²) >= 11 is 3.62. The van der Waals surface area contributed by atoms with Crippen molar-refractivity contribution in [1.82, 2.24) is 0 Å². The van der Waals surface area contributed by atoms with Crippen molar-refractivity contribution in [3.63, 3.8) is 0 Å². The average molecular weight is 427 g/mol. The predicted molar refractivity (Wildman–Crippen MR) is 94.8 cm³/mol. The second kappa shape index (κ2) is 6.37. The lowest BCUT2D eigenvalue weighted by Crippen LogP contribution is -2.15. The molecule has 0 saturated heterocycles. The van der Waals surface area contributed by atoms with E-state index < -0.39 is 0 Å². The minimum absolute atomic E-state index is 0.199. The van der Waals surface area contributed by atoms with Crippen molar-refractivity contribution in [2.24, 2.45) is 0 Å². The first-order chi connectivity index (χ1) is 10.6. The van der Waals surface area contributed by atoms with Gasteiger partial charge in [-0.2, -0.15) is 0 Å². The topological polar surface area (TPSA) is 55.4 Å². The number of amides is 1. The van der Waals surface area contributed by atoms with Crippen LogP contribution in [0, 0.1) is 3.57 Å². The van der Waals surface area contributed by atoms with E-state index in [1.54, 1.807) is 6.07 Å². The zero-order valence-corrected chi connectivity index (χ0v) is 14.9. The van der Waals surface area contributed by atoms with Crippen LogP contribution >= 0.6 is 33.9 Å². The molecular weight excluding hydrogens is 413 g/mol. The Labute approximate surface area is 146 Å². The van der Waals surface area contributed by atoms with Crippen molar-refractivity contribution < 1.29 is 14.3 Å². The molecule has 0 radical (unpaired) electrons. The highest BCUT2D eigenvalue weighted by Crippen LogP contribution is 2.39. The van der Waals surface area contributed by atoms with Crippen LogP contribution in [0.5, 0.6) is 0 Å². The van der Waals surface area contributed by atoms with Gasteiger partial charge in [0.15, 0.2) is 0 Å². The van der Waals surface area contributed by atoms with E-state index in [0.717, 1.165) is 28.4 Å². The number of hydrogen-bond acceptors (Lipinski definition) is 4. The minimum atomic E-state index is -0.377. The first-order valence-corrected chi connectivity index (χ1v) is 8.80. The molecule has 1 heterocycles. The van der Waals surface area contributed by atoms with E-state index in [0.29, 0.717) is 16.1 Å². The fourth-order valence-corrected chi connectivity index (χ4v) is 4.53. The van der Waals surface area contributed by atoms with E-state index in [1.807, 2.05) is 18.2 Å². The van der Waals surface area contributed by atoms with Gasteiger partial charge >= 0.3 is 5.97 Å². The van der Waals surface area contributed by atoms with Crippen molar-refractivity contribution in [3.05, 3.63) is 49.4 Å². The van der Waals surface area contributed by atoms with Crippen LogP contribution in [0.2, 0.25) is 0 Å². The SMILES string of the molecule is COC(=O)c1c(NC(=O)c2ccccc2I)sc2c1CCC2. The molecule has 1 amide bonds. The molecule has 114 valence electrons. The maximum atomic E-state index is 12.5. The molecule has 0 spiro atoms. The van der Waals surface area contributed by atoms with Crippen molar-refractivity contribution in [2.45, 2.75) is 19.3 Å². The number of hydrogen-bond donors (Lipinski definition) is 1. The van der Waals surface area contributed by atoms with Crippen LogP contribution in [0.1, 0.15) is 37.6 Å². The molecular formula is C16H14INO3S. The van der Waals surface area contributed by atoms with Crippen LogP contribution in [-0.4, -0.2) is 19.0 Å². The summed E-state index contributed by atoms with van der Waals surface area (Å²) in [4.78, 5) is 25.7. The van der Waals surface area contributed by atoms with E-state index in [9.17, 15) is 9.59 Å². The first-order valence-electron chi connectivity index (χ1n) is 6.90. The van der Waals surface area contributed by atoms with Crippen LogP contribution in [0.4, 0.5) is 5.00 Å². The molecule has 22 heavy (non-hydrogen) atoms. The highest BCUT2D eigenvalue weighted by atomic mass is 127. The highest BCUT2D eigenvalue weighted by molar-refractivity contribution is 14.1. The fourth-order valence-electron chi connectivity index (χ4n) is 2.63. The average Bonchev–Trinajstić information content (AvgIpc) is 3.07. The van der Waals surface area contributed by atoms with Crippen LogP contribution in [0.3, 0.4) is 0 Å². The third-order valence-corrected chi connectivity index (χ3v) is 5.80. The van der Waals surface area contributed by atoms with Gasteiger partial charge in [0.1, 0.15) is 5.00 Å². The van der Waals surface area contributed by atoms with E-state index in [-0.39, 0.29) is 11.9 Å². The number of nitrogens with one attached hydrogen (secondary N) is 1. The summed E-state index contributed by atoms with van der Waals surface area (Å²) in [6, 6.07) is 7.37. The molecule has 2 aromatic rings. The summed E-state index contributed by atoms with van der Waals surface area (Å²) in [7, 11) is 1.37. The number of aryl methyl sites for hydroxylation is 1. The Morgan fingerprint density at radius 3 is 2.77 bits per heavy atom. The molecule has 0 saturated carbocycles. The molecule has 0 atom stereocenters. The largest absolute Gasteiger partial charge is 0.465 e. The van der Waals surface area contributed by atoms with Crippen LogP contribution in [0.15, 0.2) is 24.3 Å². The normalized spacial score (nSPS) is 12.8. The van der Waals surface area contributed by atoms with Crippen LogP contribution < -0.4 is 5.32 Å². The Morgan fingerprint density at radius 1 is 1.27 bits per heavy atom. The third-order valence-electron chi connectivity index (χ3n) is 3.66. The Balaban J connectivity index is 1.95. The minimum Gasteiger partial charge on any atom is -0.465 e. The second-order valence-electron chi connectivity index (χ2n) is 4.99. The zero-order valence-electron chi connectivity index (χ0n) is 11.9. The number of benzene rings is 1. The molecule has 1 aromatic heterocycles. The molecule has 1 aliphatic carbocycles. The molecule has 0 aliphatic heterocycles. The third kappa shape index (κ3) is 2.77. The standard InChI is InChI=1S/C16H14INO3S/c1-21-16(20)13-10-6-4-8-12(10)22-15(13)18-14(19)9-5-2-3-7-11(9)17/h2-3,5,7H,4,6,8H2,1H3,(H,18,19). The summed E-state index contributed by atoms with van der Waals surface area (Å²) in [5.74, 6) is -0.576. The predicted octanol–water partition coefficient (Wildman–Crippen LogP) is 3.88. The smallest absolute Gasteiger partial charge is 0.341 e. The summed E-state index contributed by atoms with van der Waals surface area (Å²) < 4.78 is 5.76. The lowest BCUT2D eigenvalue weighted by Gasteiger charge is -2.08. The number of ether oxygens (including phenoxy) is 1. The Kier molecular flexibility index (Phi) is 4.49. The fraction of sp³-hybridized carbons (Fsp3) is 0.250. The number of thiophene rings is 1. The van der Waals surface area contributed by atoms with Crippen LogP contribution in [-0.2, 0) is 17.6 Å². The van der Waals surface area contributed by atoms with Gasteiger partial charge in [0.05, 0.1) is 18.2 Å². The van der Waals surface area contributed by atoms with Gasteiger partial charge < -0.3 is 10.1 Å². The van der Waals surface area contributed by atoms with E-state index in [4.69, 9.17) is 4.74 Å². The molecule has 1 aromatic carbocycles. The molecule has 3 rings (SSSR count). The number of esters is 1. The Hall–Kier alpha value is -1.41. The summed E-state index contributed by atoms with van der Waals surface area (Å²) in [6.07, 6.45) is 2.88. The lowest BCUT2D eigenvalue weighted by atomic mass is 10.1. The number of rotatable bonds is 3. The van der Waals surface area contributed by atoms with E-state index in [2.05, 4.69) is 27.9 Å². The number of carbonyl (C=O) groups excluding carboxylic acids is 2. The molecule has 6 heteroatoms. The van der Waals surface area contributed by atoms with Gasteiger partial charge in [0, 0.05) is 8.45 Å². The van der Waals surface area contributed by atoms with Gasteiger partial charge in [-0.05, 0) is 59.5 Å². The van der Waals surface area contributed by atoms with Crippen molar-refractivity contribution in [3.8, 4) is 0 Å². The molecule has 0 unspecified atom stereocenters. The molecule has 0 bridgehead atoms. The molecule has 4 nitrogen and oxygen atoms in total. The Bertz CT molecular complexity index is 754. The Morgan fingerprint density at radius 2 is 2.05 bits per heavy atom. The van der Waals surface area contributed by atoms with E-state index in [1.165, 1.54) is 23.3 Å². The van der Waals surface area contributed by atoms with Gasteiger partial charge in [-0.3, -0.25) is 4.79 Å². The van der Waals surface area contributed by atoms with Crippen molar-refractivity contribution >= 4 is 50.8 Å². The van der Waals surface area contributed by atoms with Gasteiger partial charge in [0.25, 0.3) is 5.91 Å². The number of anilines is 1.